The summed E-state index contributed by atoms with van der Waals surface area (Å²) >= 11 is 1.75. The van der Waals surface area contributed by atoms with Crippen LogP contribution in [-0.4, -0.2) is 18.6 Å². The Bertz CT molecular complexity index is 442. The van der Waals surface area contributed by atoms with Gasteiger partial charge in [0.2, 0.25) is 5.95 Å². The Kier molecular flexibility index (Phi) is 3.51. The van der Waals surface area contributed by atoms with E-state index in [-0.39, 0.29) is 0 Å². The van der Waals surface area contributed by atoms with Crippen LogP contribution in [-0.2, 0) is 6.42 Å². The van der Waals surface area contributed by atoms with Gasteiger partial charge in [0.05, 0.1) is 0 Å². The molecule has 0 atom stereocenters. The van der Waals surface area contributed by atoms with Crippen LogP contribution in [0, 0.1) is 5.95 Å². The average molecular weight is 236 g/mol. The number of hydrogen-bond donors (Lipinski definition) is 0. The minimum Gasteiger partial charge on any atom is -0.374 e. The van der Waals surface area contributed by atoms with E-state index < -0.39 is 5.95 Å². The van der Waals surface area contributed by atoms with Crippen LogP contribution in [0.4, 0.5) is 10.1 Å². The second kappa shape index (κ2) is 5.07. The molecule has 0 amide bonds. The van der Waals surface area contributed by atoms with Crippen LogP contribution in [0.2, 0.25) is 0 Å². The number of likely N-dealkylation sites (N-methyl/N-ethyl adjacent to an activating group) is 1. The lowest BCUT2D eigenvalue weighted by Crippen LogP contribution is -2.20. The molecule has 2 aromatic rings. The highest BCUT2D eigenvalue weighted by molar-refractivity contribution is 7.09. The van der Waals surface area contributed by atoms with Crippen molar-refractivity contribution >= 4 is 17.0 Å². The molecule has 0 bridgehead atoms. The molecule has 2 heterocycles. The van der Waals surface area contributed by atoms with Crippen LogP contribution >= 0.6 is 11.3 Å². The zero-order valence-electron chi connectivity index (χ0n) is 9.06. The number of aromatic nitrogens is 1. The number of hydrogen-bond acceptors (Lipinski definition) is 3. The Morgan fingerprint density at radius 1 is 1.44 bits per heavy atom. The van der Waals surface area contributed by atoms with Gasteiger partial charge in [-0.3, -0.25) is 0 Å². The van der Waals surface area contributed by atoms with Crippen molar-refractivity contribution in [3.05, 3.63) is 46.7 Å². The largest absolute Gasteiger partial charge is 0.374 e. The third-order valence-corrected chi connectivity index (χ3v) is 3.36. The predicted octanol–water partition coefficient (Wildman–Crippen LogP) is 2.96. The van der Waals surface area contributed by atoms with E-state index in [1.807, 2.05) is 24.1 Å². The Morgan fingerprint density at radius 2 is 2.31 bits per heavy atom. The van der Waals surface area contributed by atoms with Crippen LogP contribution in [0.1, 0.15) is 4.88 Å². The topological polar surface area (TPSA) is 16.1 Å². The third kappa shape index (κ3) is 2.79. The molecule has 0 aromatic carbocycles. The smallest absolute Gasteiger partial charge is 0.214 e. The van der Waals surface area contributed by atoms with Crippen LogP contribution < -0.4 is 4.90 Å². The third-order valence-electron chi connectivity index (χ3n) is 2.42. The summed E-state index contributed by atoms with van der Waals surface area (Å²) in [5.41, 5.74) is 0.865. The lowest BCUT2D eigenvalue weighted by Gasteiger charge is -2.18. The SMILES string of the molecule is CN(CCc1cccs1)c1ccnc(F)c1. The first kappa shape index (κ1) is 11.1. The standard InChI is InChI=1S/C12H13FN2S/c1-15(7-5-11-3-2-8-16-11)10-4-6-14-12(13)9-10/h2-4,6,8-9H,5,7H2,1H3. The van der Waals surface area contributed by atoms with Gasteiger partial charge < -0.3 is 4.90 Å². The summed E-state index contributed by atoms with van der Waals surface area (Å²) in [5.74, 6) is -0.430. The monoisotopic (exact) mass is 236 g/mol. The van der Waals surface area contributed by atoms with Gasteiger partial charge in [-0.05, 0) is 23.9 Å². The Balaban J connectivity index is 1.95. The molecule has 0 saturated carbocycles. The first-order valence-corrected chi connectivity index (χ1v) is 5.99. The van der Waals surface area contributed by atoms with Crippen molar-refractivity contribution in [1.82, 2.24) is 4.98 Å². The number of pyridine rings is 1. The molecule has 0 saturated heterocycles. The molecule has 0 aliphatic heterocycles. The number of thiophene rings is 1. The molecule has 2 nitrogen and oxygen atoms in total. The van der Waals surface area contributed by atoms with Gasteiger partial charge in [-0.2, -0.15) is 4.39 Å². The van der Waals surface area contributed by atoms with Gasteiger partial charge in [-0.15, -0.1) is 11.3 Å². The molecular weight excluding hydrogens is 223 g/mol. The van der Waals surface area contributed by atoms with Crippen LogP contribution in [0.3, 0.4) is 0 Å². The van der Waals surface area contributed by atoms with E-state index in [4.69, 9.17) is 0 Å². The second-order valence-electron chi connectivity index (χ2n) is 3.59. The number of anilines is 1. The van der Waals surface area contributed by atoms with Crippen LogP contribution in [0.25, 0.3) is 0 Å². The van der Waals surface area contributed by atoms with E-state index in [0.29, 0.717) is 0 Å². The molecule has 84 valence electrons. The number of rotatable bonds is 4. The molecule has 4 heteroatoms. The minimum atomic E-state index is -0.430. The molecule has 16 heavy (non-hydrogen) atoms. The summed E-state index contributed by atoms with van der Waals surface area (Å²) in [5, 5.41) is 2.07. The maximum Gasteiger partial charge on any atom is 0.214 e. The summed E-state index contributed by atoms with van der Waals surface area (Å²) in [6, 6.07) is 7.43. The summed E-state index contributed by atoms with van der Waals surface area (Å²) in [4.78, 5) is 6.92. The van der Waals surface area contributed by atoms with Gasteiger partial charge in [-0.1, -0.05) is 6.07 Å². The van der Waals surface area contributed by atoms with Crippen molar-refractivity contribution in [2.45, 2.75) is 6.42 Å². The quantitative estimate of drug-likeness (QED) is 0.759. The van der Waals surface area contributed by atoms with Gasteiger partial charge in [0.1, 0.15) is 0 Å². The summed E-state index contributed by atoms with van der Waals surface area (Å²) < 4.78 is 12.9. The van der Waals surface area contributed by atoms with Gasteiger partial charge in [0, 0.05) is 36.4 Å². The van der Waals surface area contributed by atoms with E-state index >= 15 is 0 Å². The molecule has 0 N–H and O–H groups in total. The van der Waals surface area contributed by atoms with E-state index in [1.165, 1.54) is 17.1 Å². The lowest BCUT2D eigenvalue weighted by molar-refractivity contribution is 0.583. The highest BCUT2D eigenvalue weighted by Gasteiger charge is 2.03. The lowest BCUT2D eigenvalue weighted by atomic mass is 10.3. The molecule has 0 aliphatic rings. The predicted molar refractivity (Wildman–Crippen MR) is 65.5 cm³/mol. The Hall–Kier alpha value is -1.42. The van der Waals surface area contributed by atoms with Crippen molar-refractivity contribution in [2.24, 2.45) is 0 Å². The Labute approximate surface area is 98.4 Å². The van der Waals surface area contributed by atoms with Crippen molar-refractivity contribution in [3.8, 4) is 0 Å². The van der Waals surface area contributed by atoms with Gasteiger partial charge in [-0.25, -0.2) is 4.98 Å². The zero-order chi connectivity index (χ0) is 11.4. The number of halogens is 1. The molecule has 0 unspecified atom stereocenters. The summed E-state index contributed by atoms with van der Waals surface area (Å²) in [6.07, 6.45) is 2.48. The van der Waals surface area contributed by atoms with Crippen molar-refractivity contribution < 1.29 is 4.39 Å². The molecule has 2 rings (SSSR count). The number of nitrogens with zero attached hydrogens (tertiary/aromatic N) is 2. The van der Waals surface area contributed by atoms with Gasteiger partial charge >= 0.3 is 0 Å². The van der Waals surface area contributed by atoms with Crippen molar-refractivity contribution in [2.75, 3.05) is 18.5 Å². The fourth-order valence-corrected chi connectivity index (χ4v) is 2.19. The maximum atomic E-state index is 12.9. The minimum absolute atomic E-state index is 0.430. The first-order chi connectivity index (χ1) is 7.75. The van der Waals surface area contributed by atoms with Gasteiger partial charge in [0.15, 0.2) is 0 Å². The zero-order valence-corrected chi connectivity index (χ0v) is 9.88. The fraction of sp³-hybridized carbons (Fsp3) is 0.250. The van der Waals surface area contributed by atoms with E-state index in [1.54, 1.807) is 11.3 Å². The Morgan fingerprint density at radius 3 is 3.00 bits per heavy atom. The molecule has 0 fully saturated rings. The molecular formula is C12H13FN2S. The fourth-order valence-electron chi connectivity index (χ4n) is 1.49. The van der Waals surface area contributed by atoms with Gasteiger partial charge in [0.25, 0.3) is 0 Å². The maximum absolute atomic E-state index is 12.9. The summed E-state index contributed by atoms with van der Waals surface area (Å²) in [6.45, 7) is 0.879. The van der Waals surface area contributed by atoms with Crippen LogP contribution in [0.5, 0.6) is 0 Å². The van der Waals surface area contributed by atoms with E-state index in [0.717, 1.165) is 18.7 Å². The second-order valence-corrected chi connectivity index (χ2v) is 4.62. The normalized spacial score (nSPS) is 10.4. The molecule has 2 aromatic heterocycles. The van der Waals surface area contributed by atoms with Crippen LogP contribution in [0.15, 0.2) is 35.8 Å². The molecule has 0 radical (unpaired) electrons. The van der Waals surface area contributed by atoms with Crippen molar-refractivity contribution in [3.63, 3.8) is 0 Å². The highest BCUT2D eigenvalue weighted by atomic mass is 32.1. The molecule has 0 spiro atoms. The molecule has 0 aliphatic carbocycles. The van der Waals surface area contributed by atoms with E-state index in [2.05, 4.69) is 16.4 Å². The highest BCUT2D eigenvalue weighted by Crippen LogP contribution is 2.14. The van der Waals surface area contributed by atoms with E-state index in [9.17, 15) is 4.39 Å². The van der Waals surface area contributed by atoms with Crippen molar-refractivity contribution in [1.29, 1.82) is 0 Å². The first-order valence-electron chi connectivity index (χ1n) is 5.11. The average Bonchev–Trinajstić information content (AvgIpc) is 2.78. The summed E-state index contributed by atoms with van der Waals surface area (Å²) in [7, 11) is 1.96.